The molecule has 3 nitrogen and oxygen atoms in total. The molecule has 3 atom stereocenters. The number of ether oxygens (including phenoxy) is 1. The Morgan fingerprint density at radius 2 is 2.11 bits per heavy atom. The van der Waals surface area contributed by atoms with Crippen molar-refractivity contribution in [2.45, 2.75) is 37.5 Å². The number of hydrogen-bond acceptors (Lipinski definition) is 3. The molecule has 1 aromatic carbocycles. The van der Waals surface area contributed by atoms with Gasteiger partial charge in [0.2, 0.25) is 0 Å². The molecule has 0 bridgehead atoms. The van der Waals surface area contributed by atoms with E-state index in [0.29, 0.717) is 31.2 Å². The van der Waals surface area contributed by atoms with E-state index in [2.05, 4.69) is 4.90 Å². The number of halogens is 1. The minimum atomic E-state index is -0.711. The van der Waals surface area contributed by atoms with E-state index in [0.717, 1.165) is 12.8 Å². The number of alkyl halides is 1. The maximum Gasteiger partial charge on any atom is 0.338 e. The lowest BCUT2D eigenvalue weighted by molar-refractivity contribution is 0.0389. The van der Waals surface area contributed by atoms with Gasteiger partial charge < -0.3 is 4.74 Å². The van der Waals surface area contributed by atoms with Crippen LogP contribution in [-0.2, 0) is 4.74 Å². The Bertz CT molecular complexity index is 451. The molecule has 0 spiro atoms. The van der Waals surface area contributed by atoms with Gasteiger partial charge in [0, 0.05) is 18.6 Å². The van der Waals surface area contributed by atoms with E-state index < -0.39 is 6.17 Å². The van der Waals surface area contributed by atoms with Gasteiger partial charge in [-0.3, -0.25) is 4.90 Å². The number of fused-ring (bicyclic) bond motifs is 1. The zero-order valence-electron chi connectivity index (χ0n) is 10.8. The highest BCUT2D eigenvalue weighted by Crippen LogP contribution is 2.33. The second-order valence-electron chi connectivity index (χ2n) is 5.38. The van der Waals surface area contributed by atoms with Crippen LogP contribution in [-0.4, -0.2) is 42.3 Å². The molecule has 2 heterocycles. The molecule has 2 aliphatic rings. The van der Waals surface area contributed by atoms with E-state index in [1.807, 2.05) is 18.2 Å². The van der Waals surface area contributed by atoms with Gasteiger partial charge in [-0.1, -0.05) is 18.2 Å². The third-order valence-corrected chi connectivity index (χ3v) is 4.12. The van der Waals surface area contributed by atoms with Crippen LogP contribution in [0.15, 0.2) is 30.3 Å². The highest BCUT2D eigenvalue weighted by molar-refractivity contribution is 5.89. The lowest BCUT2D eigenvalue weighted by Crippen LogP contribution is -2.35. The number of hydrogen-bond donors (Lipinski definition) is 0. The molecule has 3 unspecified atom stereocenters. The van der Waals surface area contributed by atoms with Crippen molar-refractivity contribution in [2.75, 3.05) is 13.2 Å². The molecule has 0 saturated carbocycles. The molecular formula is C15H18FNO2. The van der Waals surface area contributed by atoms with Crippen LogP contribution >= 0.6 is 0 Å². The summed E-state index contributed by atoms with van der Waals surface area (Å²) in [5, 5.41) is 0. The Balaban J connectivity index is 1.54. The zero-order chi connectivity index (χ0) is 13.2. The van der Waals surface area contributed by atoms with E-state index in [1.165, 1.54) is 0 Å². The summed E-state index contributed by atoms with van der Waals surface area (Å²) in [7, 11) is 0. The van der Waals surface area contributed by atoms with Crippen molar-refractivity contribution in [2.24, 2.45) is 0 Å². The molecule has 4 heteroatoms. The Labute approximate surface area is 112 Å². The van der Waals surface area contributed by atoms with Crippen molar-refractivity contribution < 1.29 is 13.9 Å². The van der Waals surface area contributed by atoms with Gasteiger partial charge in [-0.2, -0.15) is 0 Å². The quantitative estimate of drug-likeness (QED) is 0.784. The van der Waals surface area contributed by atoms with Crippen molar-refractivity contribution in [3.8, 4) is 0 Å². The molecule has 2 aliphatic heterocycles. The van der Waals surface area contributed by atoms with Gasteiger partial charge in [-0.05, 0) is 31.4 Å². The maximum atomic E-state index is 13.3. The molecule has 2 saturated heterocycles. The van der Waals surface area contributed by atoms with Crippen LogP contribution in [0.1, 0.15) is 29.6 Å². The average molecular weight is 263 g/mol. The minimum Gasteiger partial charge on any atom is -0.460 e. The fourth-order valence-corrected chi connectivity index (χ4v) is 3.17. The molecule has 0 aliphatic carbocycles. The lowest BCUT2D eigenvalue weighted by atomic mass is 10.1. The summed E-state index contributed by atoms with van der Waals surface area (Å²) in [6.45, 7) is 0.870. The van der Waals surface area contributed by atoms with E-state index in [1.54, 1.807) is 12.1 Å². The zero-order valence-corrected chi connectivity index (χ0v) is 10.8. The molecule has 0 amide bonds. The Hall–Kier alpha value is -1.42. The van der Waals surface area contributed by atoms with Gasteiger partial charge >= 0.3 is 5.97 Å². The van der Waals surface area contributed by atoms with Crippen LogP contribution < -0.4 is 0 Å². The van der Waals surface area contributed by atoms with E-state index in [9.17, 15) is 9.18 Å². The third-order valence-electron chi connectivity index (χ3n) is 4.12. The van der Waals surface area contributed by atoms with Crippen molar-refractivity contribution >= 4 is 5.97 Å². The summed E-state index contributed by atoms with van der Waals surface area (Å²) in [5.41, 5.74) is 0.571. The largest absolute Gasteiger partial charge is 0.460 e. The SMILES string of the molecule is O=C(OCC1CCC2CC(F)CN12)c1ccccc1. The van der Waals surface area contributed by atoms with Crippen molar-refractivity contribution in [1.29, 1.82) is 0 Å². The third kappa shape index (κ3) is 2.63. The second kappa shape index (κ2) is 5.29. The fraction of sp³-hybridized carbons (Fsp3) is 0.533. The highest BCUT2D eigenvalue weighted by atomic mass is 19.1. The molecule has 102 valence electrons. The first-order valence-corrected chi connectivity index (χ1v) is 6.86. The van der Waals surface area contributed by atoms with Crippen molar-refractivity contribution in [3.63, 3.8) is 0 Å². The molecule has 0 N–H and O–H groups in total. The Morgan fingerprint density at radius 1 is 1.32 bits per heavy atom. The number of benzene rings is 1. The van der Waals surface area contributed by atoms with Gasteiger partial charge in [0.15, 0.2) is 0 Å². The molecule has 1 aromatic rings. The number of esters is 1. The van der Waals surface area contributed by atoms with E-state index in [-0.39, 0.29) is 12.0 Å². The summed E-state index contributed by atoms with van der Waals surface area (Å²) in [6, 6.07) is 9.53. The van der Waals surface area contributed by atoms with Crippen molar-refractivity contribution in [1.82, 2.24) is 4.90 Å². The number of rotatable bonds is 3. The summed E-state index contributed by atoms with van der Waals surface area (Å²) in [5.74, 6) is -0.292. The van der Waals surface area contributed by atoms with Crippen molar-refractivity contribution in [3.05, 3.63) is 35.9 Å². The summed E-state index contributed by atoms with van der Waals surface area (Å²) in [6.07, 6.45) is 1.95. The first kappa shape index (κ1) is 12.6. The minimum absolute atomic E-state index is 0.193. The topological polar surface area (TPSA) is 29.5 Å². The average Bonchev–Trinajstić information content (AvgIpc) is 2.96. The summed E-state index contributed by atoms with van der Waals surface area (Å²) >= 11 is 0. The second-order valence-corrected chi connectivity index (χ2v) is 5.38. The fourth-order valence-electron chi connectivity index (χ4n) is 3.17. The van der Waals surface area contributed by atoms with Gasteiger partial charge in [0.1, 0.15) is 12.8 Å². The highest BCUT2D eigenvalue weighted by Gasteiger charge is 2.41. The van der Waals surface area contributed by atoms with Gasteiger partial charge in [-0.25, -0.2) is 9.18 Å². The molecule has 0 radical (unpaired) electrons. The first-order valence-electron chi connectivity index (χ1n) is 6.86. The number of carbonyl (C=O) groups excluding carboxylic acids is 1. The normalized spacial score (nSPS) is 30.3. The predicted octanol–water partition coefficient (Wildman–Crippen LogP) is 2.42. The van der Waals surface area contributed by atoms with Gasteiger partial charge in [-0.15, -0.1) is 0 Å². The van der Waals surface area contributed by atoms with Crippen LogP contribution in [0.4, 0.5) is 4.39 Å². The van der Waals surface area contributed by atoms with Crippen LogP contribution in [0.2, 0.25) is 0 Å². The smallest absolute Gasteiger partial charge is 0.338 e. The first-order chi connectivity index (χ1) is 9.24. The van der Waals surface area contributed by atoms with Crippen LogP contribution in [0, 0.1) is 0 Å². The number of carbonyl (C=O) groups is 1. The molecule has 3 rings (SSSR count). The van der Waals surface area contributed by atoms with Crippen LogP contribution in [0.3, 0.4) is 0 Å². The summed E-state index contributed by atoms with van der Waals surface area (Å²) in [4.78, 5) is 14.0. The monoisotopic (exact) mass is 263 g/mol. The number of nitrogens with zero attached hydrogens (tertiary/aromatic N) is 1. The standard InChI is InChI=1S/C15H18FNO2/c16-12-8-13-6-7-14(17(13)9-12)10-19-15(18)11-4-2-1-3-5-11/h1-5,12-14H,6-10H2. The van der Waals surface area contributed by atoms with Crippen LogP contribution in [0.5, 0.6) is 0 Å². The lowest BCUT2D eigenvalue weighted by Gasteiger charge is -2.23. The molecule has 0 aromatic heterocycles. The molecular weight excluding hydrogens is 245 g/mol. The summed E-state index contributed by atoms with van der Waals surface area (Å²) < 4.78 is 18.7. The molecule has 19 heavy (non-hydrogen) atoms. The molecule has 2 fully saturated rings. The Kier molecular flexibility index (Phi) is 3.51. The maximum absolute atomic E-state index is 13.3. The van der Waals surface area contributed by atoms with Gasteiger partial charge in [0.05, 0.1) is 5.56 Å². The Morgan fingerprint density at radius 3 is 2.89 bits per heavy atom. The van der Waals surface area contributed by atoms with Crippen LogP contribution in [0.25, 0.3) is 0 Å². The van der Waals surface area contributed by atoms with E-state index >= 15 is 0 Å². The van der Waals surface area contributed by atoms with Gasteiger partial charge in [0.25, 0.3) is 0 Å². The van der Waals surface area contributed by atoms with E-state index in [4.69, 9.17) is 4.74 Å². The predicted molar refractivity (Wildman–Crippen MR) is 69.8 cm³/mol.